The summed E-state index contributed by atoms with van der Waals surface area (Å²) in [6.07, 6.45) is -6.27. The van der Waals surface area contributed by atoms with Crippen molar-refractivity contribution in [3.05, 3.63) is 52.8 Å². The highest BCUT2D eigenvalue weighted by Crippen LogP contribution is 2.48. The van der Waals surface area contributed by atoms with Crippen molar-refractivity contribution in [2.24, 2.45) is 5.73 Å². The summed E-state index contributed by atoms with van der Waals surface area (Å²) in [4.78, 5) is 28.1. The van der Waals surface area contributed by atoms with E-state index in [1.54, 1.807) is 32.0 Å². The van der Waals surface area contributed by atoms with E-state index in [0.29, 0.717) is 10.8 Å². The van der Waals surface area contributed by atoms with Gasteiger partial charge in [0.2, 0.25) is 0 Å². The molecule has 1 aliphatic heterocycles. The highest BCUT2D eigenvalue weighted by Gasteiger charge is 2.58. The lowest BCUT2D eigenvalue weighted by Crippen LogP contribution is -2.58. The maximum Gasteiger partial charge on any atom is 0.459 e. The van der Waals surface area contributed by atoms with Crippen molar-refractivity contribution in [3.8, 4) is 5.75 Å². The number of nitrogens with two attached hydrogens (primary N) is 2. The maximum absolute atomic E-state index is 14.2. The number of para-hydroxylation sites is 1. The Bertz CT molecular complexity index is 1270. The fraction of sp³-hybridized carbons (Fsp3) is 0.522. The predicted molar refractivity (Wildman–Crippen MR) is 135 cm³/mol. The van der Waals surface area contributed by atoms with Crippen molar-refractivity contribution in [1.29, 1.82) is 0 Å². The quantitative estimate of drug-likeness (QED) is 0.223. The molecule has 2 aromatic rings. The third kappa shape index (κ3) is 6.80. The first-order valence-corrected chi connectivity index (χ1v) is 13.5. The Balaban J connectivity index is 1.91. The van der Waals surface area contributed by atoms with Crippen molar-refractivity contribution in [2.75, 3.05) is 12.4 Å². The summed E-state index contributed by atoms with van der Waals surface area (Å²) in [5, 5.41) is 13.4. The minimum absolute atomic E-state index is 0.114. The third-order valence-corrected chi connectivity index (χ3v) is 7.58. The molecule has 0 aliphatic carbocycles. The largest absolute Gasteiger partial charge is 0.462 e. The minimum Gasteiger partial charge on any atom is -0.462 e. The fourth-order valence-corrected chi connectivity index (χ4v) is 5.56. The van der Waals surface area contributed by atoms with Crippen molar-refractivity contribution in [3.63, 3.8) is 0 Å². The molecule has 0 saturated carbocycles. The van der Waals surface area contributed by atoms with Crippen LogP contribution in [0.3, 0.4) is 0 Å². The van der Waals surface area contributed by atoms with Crippen LogP contribution in [0, 0.1) is 5.82 Å². The number of carbonyl (C=O) groups is 1. The van der Waals surface area contributed by atoms with E-state index in [0.717, 1.165) is 0 Å². The molecule has 16 heteroatoms. The first kappa shape index (κ1) is 30.6. The van der Waals surface area contributed by atoms with E-state index in [-0.39, 0.29) is 5.75 Å². The second kappa shape index (κ2) is 12.1. The molecule has 39 heavy (non-hydrogen) atoms. The van der Waals surface area contributed by atoms with Crippen LogP contribution in [0.5, 0.6) is 5.75 Å². The molecule has 13 nitrogen and oxygen atoms in total. The van der Waals surface area contributed by atoms with Gasteiger partial charge in [-0.3, -0.25) is 13.9 Å². The molecule has 0 bridgehead atoms. The summed E-state index contributed by atoms with van der Waals surface area (Å²) < 4.78 is 64.8. The summed E-state index contributed by atoms with van der Waals surface area (Å²) in [7, 11) is -4.43. The first-order chi connectivity index (χ1) is 18.2. The van der Waals surface area contributed by atoms with E-state index >= 15 is 0 Å². The van der Waals surface area contributed by atoms with Crippen LogP contribution in [-0.2, 0) is 23.4 Å². The smallest absolute Gasteiger partial charge is 0.459 e. The molecule has 6 N–H and O–H groups in total. The number of esters is 1. The number of alkyl halides is 1. The van der Waals surface area contributed by atoms with E-state index in [2.05, 4.69) is 10.1 Å². The average molecular weight is 576 g/mol. The lowest BCUT2D eigenvalue weighted by molar-refractivity contribution is -0.149. The number of aliphatic hydroxyl groups excluding tert-OH is 1. The standard InChI is InChI=1S/C23H32F2N5O8P/c1-12(2)35-20(32)13(3)29-39(34,38-15-8-6-5-7-9-15)37-14(4)17-18(31)23(27,11-24)21(36-17)30-10-16(25)19(26)28-22(30)33/h5-10,12-14,17-18,21,31H,11,27H2,1-4H3,(H,29,34)(H2,26,28,33)/t13-,14+,17+,18?,21+,23+,39?/m0/s1. The molecule has 1 aromatic carbocycles. The Morgan fingerprint density at radius 1 is 1.31 bits per heavy atom. The zero-order chi connectivity index (χ0) is 29.1. The summed E-state index contributed by atoms with van der Waals surface area (Å²) in [6.45, 7) is 4.56. The number of nitrogens with zero attached hydrogens (tertiary/aromatic N) is 2. The van der Waals surface area contributed by atoms with Gasteiger partial charge in [0.05, 0.1) is 18.4 Å². The average Bonchev–Trinajstić information content (AvgIpc) is 3.12. The number of aromatic nitrogens is 2. The molecular formula is C23H32F2N5O8P. The monoisotopic (exact) mass is 575 g/mol. The normalized spacial score (nSPS) is 26.1. The van der Waals surface area contributed by atoms with Crippen LogP contribution in [0.15, 0.2) is 41.3 Å². The van der Waals surface area contributed by atoms with E-state index in [4.69, 9.17) is 30.0 Å². The molecule has 2 unspecified atom stereocenters. The molecular weight excluding hydrogens is 543 g/mol. The zero-order valence-corrected chi connectivity index (χ0v) is 22.6. The number of nitrogen functional groups attached to an aromatic ring is 1. The van der Waals surface area contributed by atoms with Gasteiger partial charge >= 0.3 is 19.4 Å². The summed E-state index contributed by atoms with van der Waals surface area (Å²) in [6, 6.07) is 6.71. The van der Waals surface area contributed by atoms with E-state index in [1.165, 1.54) is 26.0 Å². The minimum atomic E-state index is -4.43. The number of anilines is 1. The van der Waals surface area contributed by atoms with Crippen LogP contribution in [0.25, 0.3) is 0 Å². The molecule has 1 aliphatic rings. The number of nitrogens with one attached hydrogen (secondary N) is 1. The van der Waals surface area contributed by atoms with Crippen LogP contribution in [-0.4, -0.2) is 63.3 Å². The topological polar surface area (TPSA) is 190 Å². The Morgan fingerprint density at radius 3 is 2.54 bits per heavy atom. The van der Waals surface area contributed by atoms with Crippen molar-refractivity contribution >= 4 is 19.5 Å². The van der Waals surface area contributed by atoms with Gasteiger partial charge in [0, 0.05) is 0 Å². The Hall–Kier alpha value is -2.94. The van der Waals surface area contributed by atoms with Gasteiger partial charge in [-0.05, 0) is 39.8 Å². The van der Waals surface area contributed by atoms with Crippen LogP contribution in [0.1, 0.15) is 33.9 Å². The SMILES string of the molecule is CC(C)OC(=O)[C@H](C)NP(=O)(Oc1ccccc1)O[C@H](C)[C@H]1O[C@@H](n2cc(F)c(N)nc2=O)[C@@](N)(CF)C1O. The van der Waals surface area contributed by atoms with Crippen molar-refractivity contribution in [1.82, 2.24) is 14.6 Å². The Morgan fingerprint density at radius 2 is 1.95 bits per heavy atom. The molecule has 216 valence electrons. The van der Waals surface area contributed by atoms with Gasteiger partial charge in [0.25, 0.3) is 0 Å². The van der Waals surface area contributed by atoms with Gasteiger partial charge < -0.3 is 30.6 Å². The number of hydrogen-bond acceptors (Lipinski definition) is 11. The zero-order valence-electron chi connectivity index (χ0n) is 21.7. The summed E-state index contributed by atoms with van der Waals surface area (Å²) in [5.41, 5.74) is 8.03. The van der Waals surface area contributed by atoms with Gasteiger partial charge in [0.15, 0.2) is 17.9 Å². The molecule has 2 heterocycles. The lowest BCUT2D eigenvalue weighted by atomic mass is 9.91. The molecule has 0 radical (unpaired) electrons. The highest BCUT2D eigenvalue weighted by atomic mass is 31.2. The van der Waals surface area contributed by atoms with Gasteiger partial charge in [-0.15, -0.1) is 0 Å². The molecule has 1 fully saturated rings. The number of rotatable bonds is 11. The number of halogens is 2. The molecule has 0 spiro atoms. The number of benzene rings is 1. The molecule has 0 amide bonds. The van der Waals surface area contributed by atoms with Crippen LogP contribution >= 0.6 is 7.75 Å². The highest BCUT2D eigenvalue weighted by molar-refractivity contribution is 7.52. The summed E-state index contributed by atoms with van der Waals surface area (Å²) >= 11 is 0. The molecule has 3 rings (SSSR count). The van der Waals surface area contributed by atoms with Gasteiger partial charge in [-0.2, -0.15) is 10.1 Å². The Labute approximate surface area is 223 Å². The van der Waals surface area contributed by atoms with Crippen molar-refractivity contribution < 1.29 is 41.8 Å². The fourth-order valence-electron chi connectivity index (χ4n) is 3.87. The van der Waals surface area contributed by atoms with Crippen LogP contribution in [0.4, 0.5) is 14.6 Å². The first-order valence-electron chi connectivity index (χ1n) is 11.9. The second-order valence-electron chi connectivity index (χ2n) is 9.36. The van der Waals surface area contributed by atoms with E-state index < -0.39 is 79.9 Å². The van der Waals surface area contributed by atoms with Crippen molar-refractivity contribution in [2.45, 2.75) is 69.9 Å². The number of aliphatic hydroxyl groups is 1. The Kier molecular flexibility index (Phi) is 9.47. The maximum atomic E-state index is 14.2. The second-order valence-corrected chi connectivity index (χ2v) is 11.0. The van der Waals surface area contributed by atoms with Gasteiger partial charge in [-0.1, -0.05) is 18.2 Å². The number of hydrogen-bond donors (Lipinski definition) is 4. The number of carbonyl (C=O) groups excluding carboxylic acids is 1. The third-order valence-electron chi connectivity index (χ3n) is 5.82. The number of ether oxygens (including phenoxy) is 2. The molecule has 7 atom stereocenters. The van der Waals surface area contributed by atoms with E-state index in [1.807, 2.05) is 0 Å². The predicted octanol–water partition coefficient (Wildman–Crippen LogP) is 1.41. The molecule has 1 saturated heterocycles. The lowest BCUT2D eigenvalue weighted by Gasteiger charge is -2.31. The van der Waals surface area contributed by atoms with Gasteiger partial charge in [-0.25, -0.2) is 18.1 Å². The summed E-state index contributed by atoms with van der Waals surface area (Å²) in [5.74, 6) is -2.43. The van der Waals surface area contributed by atoms with Crippen LogP contribution in [0.2, 0.25) is 0 Å². The van der Waals surface area contributed by atoms with Crippen LogP contribution < -0.4 is 26.8 Å². The van der Waals surface area contributed by atoms with Gasteiger partial charge in [0.1, 0.15) is 36.2 Å². The molecule has 1 aromatic heterocycles. The van der Waals surface area contributed by atoms with E-state index in [9.17, 15) is 28.0 Å².